The number of hydrogen-bond acceptors (Lipinski definition) is 6. The van der Waals surface area contributed by atoms with Gasteiger partial charge in [-0.05, 0) is 57.4 Å². The van der Waals surface area contributed by atoms with Gasteiger partial charge in [0.1, 0.15) is 23.3 Å². The molecule has 2 aromatic heterocycles. The Balaban J connectivity index is 0.00000289. The van der Waals surface area contributed by atoms with Crippen molar-refractivity contribution >= 4 is 29.3 Å². The van der Waals surface area contributed by atoms with Crippen LogP contribution >= 0.6 is 12.4 Å². The average molecular weight is 504 g/mol. The molecule has 3 aromatic rings. The van der Waals surface area contributed by atoms with Gasteiger partial charge in [-0.1, -0.05) is 0 Å². The maximum atomic E-state index is 14.7. The van der Waals surface area contributed by atoms with E-state index < -0.39 is 5.82 Å². The monoisotopic (exact) mass is 503 g/mol. The largest absolute Gasteiger partial charge is 0.494 e. The van der Waals surface area contributed by atoms with Gasteiger partial charge in [0.15, 0.2) is 11.6 Å². The maximum absolute atomic E-state index is 14.7. The van der Waals surface area contributed by atoms with Crippen molar-refractivity contribution in [2.24, 2.45) is 11.7 Å². The highest BCUT2D eigenvalue weighted by Crippen LogP contribution is 2.39. The van der Waals surface area contributed by atoms with Gasteiger partial charge in [-0.25, -0.2) is 14.4 Å². The summed E-state index contributed by atoms with van der Waals surface area (Å²) in [5.41, 5.74) is 9.17. The summed E-state index contributed by atoms with van der Waals surface area (Å²) in [6, 6.07) is 3.22. The summed E-state index contributed by atoms with van der Waals surface area (Å²) in [7, 11) is 1.42. The standard InChI is InChI=1S/C25H30FN5O3.ClH/c1-13-21(25(32)31-16-7-5-15(27)6-8-16)23-24(30-13)22(28-12-29-23)17-9-18(26)20(33-2)10-19(17)34-11-14-3-4-14;/h9-10,12,14-16,30H,3-8,11,27H2,1-2H3,(H,31,32);1H/t15-,16-;. The first-order valence-corrected chi connectivity index (χ1v) is 11.8. The second-order valence-electron chi connectivity index (χ2n) is 9.39. The number of nitrogens with zero attached hydrogens (tertiary/aromatic N) is 2. The van der Waals surface area contributed by atoms with Crippen LogP contribution in [0.1, 0.15) is 54.6 Å². The van der Waals surface area contributed by atoms with Crippen LogP contribution in [0.4, 0.5) is 4.39 Å². The Morgan fingerprint density at radius 3 is 2.60 bits per heavy atom. The molecule has 4 N–H and O–H groups in total. The van der Waals surface area contributed by atoms with Crippen molar-refractivity contribution in [1.29, 1.82) is 0 Å². The van der Waals surface area contributed by atoms with Crippen LogP contribution in [0.5, 0.6) is 11.5 Å². The minimum atomic E-state index is -0.514. The first-order valence-electron chi connectivity index (χ1n) is 11.8. The molecule has 2 aliphatic rings. The number of halogens is 2. The number of amides is 1. The molecule has 2 fully saturated rings. The number of carbonyl (C=O) groups excluding carboxylic acids is 1. The van der Waals surface area contributed by atoms with E-state index in [1.54, 1.807) is 6.07 Å². The summed E-state index contributed by atoms with van der Waals surface area (Å²) in [6.45, 7) is 2.38. The van der Waals surface area contributed by atoms with E-state index in [0.29, 0.717) is 51.8 Å². The third kappa shape index (κ3) is 5.21. The lowest BCUT2D eigenvalue weighted by molar-refractivity contribution is 0.0927. The second-order valence-corrected chi connectivity index (χ2v) is 9.39. The zero-order valence-electron chi connectivity index (χ0n) is 19.9. The third-order valence-electron chi connectivity index (χ3n) is 6.79. The highest BCUT2D eigenvalue weighted by molar-refractivity contribution is 6.09. The van der Waals surface area contributed by atoms with Crippen molar-refractivity contribution in [3.8, 4) is 22.8 Å². The van der Waals surface area contributed by atoms with Crippen molar-refractivity contribution < 1.29 is 18.7 Å². The van der Waals surface area contributed by atoms with Gasteiger partial charge in [-0.15, -0.1) is 12.4 Å². The Morgan fingerprint density at radius 1 is 1.17 bits per heavy atom. The van der Waals surface area contributed by atoms with E-state index in [4.69, 9.17) is 15.2 Å². The Bertz CT molecular complexity index is 1220. The molecule has 2 saturated carbocycles. The Morgan fingerprint density at radius 2 is 1.91 bits per heavy atom. The molecule has 2 heterocycles. The lowest BCUT2D eigenvalue weighted by Crippen LogP contribution is -2.40. The van der Waals surface area contributed by atoms with Gasteiger partial charge in [0.05, 0.1) is 24.8 Å². The van der Waals surface area contributed by atoms with E-state index in [1.807, 2.05) is 6.92 Å². The van der Waals surface area contributed by atoms with E-state index in [-0.39, 0.29) is 36.1 Å². The number of ether oxygens (including phenoxy) is 2. The quantitative estimate of drug-likeness (QED) is 0.443. The predicted octanol–water partition coefficient (Wildman–Crippen LogP) is 4.29. The SMILES string of the molecule is COc1cc(OCC2CC2)c(-c2ncnc3c(C(=O)N[C@H]4CC[C@H](N)CC4)c(C)[nH]c23)cc1F.Cl. The summed E-state index contributed by atoms with van der Waals surface area (Å²) in [4.78, 5) is 25.3. The van der Waals surface area contributed by atoms with Crippen molar-refractivity contribution in [3.05, 3.63) is 35.5 Å². The minimum Gasteiger partial charge on any atom is -0.494 e. The number of aromatic amines is 1. The molecule has 8 nitrogen and oxygen atoms in total. The molecular formula is C25H31ClFN5O3. The van der Waals surface area contributed by atoms with Crippen molar-refractivity contribution in [1.82, 2.24) is 20.3 Å². The Labute approximate surface area is 209 Å². The number of aryl methyl sites for hydroxylation is 1. The van der Waals surface area contributed by atoms with E-state index in [1.165, 1.54) is 19.5 Å². The number of fused-ring (bicyclic) bond motifs is 1. The van der Waals surface area contributed by atoms with Crippen molar-refractivity contribution in [3.63, 3.8) is 0 Å². The zero-order chi connectivity index (χ0) is 23.8. The number of rotatable bonds is 7. The molecule has 1 amide bonds. The molecule has 0 radical (unpaired) electrons. The van der Waals surface area contributed by atoms with Gasteiger partial charge in [-0.3, -0.25) is 4.79 Å². The molecule has 5 rings (SSSR count). The number of H-pyrrole nitrogens is 1. The molecule has 188 valence electrons. The number of hydrogen-bond donors (Lipinski definition) is 3. The average Bonchev–Trinajstić information content (AvgIpc) is 3.59. The predicted molar refractivity (Wildman–Crippen MR) is 134 cm³/mol. The fourth-order valence-corrected chi connectivity index (χ4v) is 4.61. The molecule has 0 unspecified atom stereocenters. The van der Waals surface area contributed by atoms with Crippen LogP contribution in [0.2, 0.25) is 0 Å². The minimum absolute atomic E-state index is 0. The molecular weight excluding hydrogens is 473 g/mol. The second kappa shape index (κ2) is 10.4. The smallest absolute Gasteiger partial charge is 0.255 e. The van der Waals surface area contributed by atoms with Crippen LogP contribution in [-0.2, 0) is 0 Å². The number of methoxy groups -OCH3 is 1. The summed E-state index contributed by atoms with van der Waals surface area (Å²) >= 11 is 0. The molecule has 10 heteroatoms. The summed E-state index contributed by atoms with van der Waals surface area (Å²) in [6.07, 6.45) is 7.18. The number of carbonyl (C=O) groups is 1. The van der Waals surface area contributed by atoms with Gasteiger partial charge in [0.25, 0.3) is 5.91 Å². The van der Waals surface area contributed by atoms with Crippen molar-refractivity contribution in [2.45, 2.75) is 57.5 Å². The highest BCUT2D eigenvalue weighted by atomic mass is 35.5. The Kier molecular flexibility index (Phi) is 7.47. The van der Waals surface area contributed by atoms with E-state index in [2.05, 4.69) is 20.3 Å². The topological polar surface area (TPSA) is 115 Å². The molecule has 0 spiro atoms. The normalized spacial score (nSPS) is 19.8. The highest BCUT2D eigenvalue weighted by Gasteiger charge is 2.27. The van der Waals surface area contributed by atoms with Crippen molar-refractivity contribution in [2.75, 3.05) is 13.7 Å². The van der Waals surface area contributed by atoms with Crippen LogP contribution < -0.4 is 20.5 Å². The van der Waals surface area contributed by atoms with Gasteiger partial charge < -0.3 is 25.5 Å². The molecule has 2 aliphatic carbocycles. The maximum Gasteiger partial charge on any atom is 0.255 e. The van der Waals surface area contributed by atoms with E-state index in [9.17, 15) is 9.18 Å². The van der Waals surface area contributed by atoms with Gasteiger partial charge in [0.2, 0.25) is 0 Å². The number of nitrogens with two attached hydrogens (primary N) is 1. The summed E-state index contributed by atoms with van der Waals surface area (Å²) in [5.74, 6) is 0.420. The van der Waals surface area contributed by atoms with Gasteiger partial charge >= 0.3 is 0 Å². The van der Waals surface area contributed by atoms with Crippen LogP contribution in [0, 0.1) is 18.7 Å². The van der Waals surface area contributed by atoms with Crippen LogP contribution in [0.3, 0.4) is 0 Å². The first-order chi connectivity index (χ1) is 16.4. The summed E-state index contributed by atoms with van der Waals surface area (Å²) < 4.78 is 25.9. The van der Waals surface area contributed by atoms with Gasteiger partial charge in [-0.2, -0.15) is 0 Å². The Hall–Kier alpha value is -2.91. The van der Waals surface area contributed by atoms with Crippen LogP contribution in [-0.4, -0.2) is 46.7 Å². The van der Waals surface area contributed by atoms with Gasteiger partial charge in [0, 0.05) is 29.4 Å². The molecule has 1 aromatic carbocycles. The van der Waals surface area contributed by atoms with E-state index in [0.717, 1.165) is 38.5 Å². The molecule has 0 bridgehead atoms. The molecule has 0 saturated heterocycles. The molecule has 0 atom stereocenters. The third-order valence-corrected chi connectivity index (χ3v) is 6.79. The fraction of sp³-hybridized carbons (Fsp3) is 0.480. The first kappa shape index (κ1) is 25.2. The summed E-state index contributed by atoms with van der Waals surface area (Å²) in [5, 5.41) is 3.13. The number of aromatic nitrogens is 3. The van der Waals surface area contributed by atoms with E-state index >= 15 is 0 Å². The van der Waals surface area contributed by atoms with Crippen LogP contribution in [0.25, 0.3) is 22.3 Å². The zero-order valence-corrected chi connectivity index (χ0v) is 20.7. The number of benzene rings is 1. The molecule has 35 heavy (non-hydrogen) atoms. The fourth-order valence-electron chi connectivity index (χ4n) is 4.61. The lowest BCUT2D eigenvalue weighted by atomic mass is 9.91. The number of nitrogens with one attached hydrogen (secondary N) is 2. The van der Waals surface area contributed by atoms with Crippen LogP contribution in [0.15, 0.2) is 18.5 Å². The molecule has 0 aliphatic heterocycles. The lowest BCUT2D eigenvalue weighted by Gasteiger charge is -2.26.